The van der Waals surface area contributed by atoms with Crippen LogP contribution in [0, 0.1) is 5.92 Å². The number of hydrogen-bond donors (Lipinski definition) is 2. The van der Waals surface area contributed by atoms with E-state index in [-0.39, 0.29) is 11.8 Å². The number of nitrogens with zero attached hydrogens (tertiary/aromatic N) is 1. The molecule has 0 bridgehead atoms. The molecule has 3 unspecified atom stereocenters. The zero-order chi connectivity index (χ0) is 13.0. The molecule has 2 heterocycles. The van der Waals surface area contributed by atoms with Crippen LogP contribution in [0.5, 0.6) is 0 Å². The lowest BCUT2D eigenvalue weighted by Crippen LogP contribution is -2.50. The summed E-state index contributed by atoms with van der Waals surface area (Å²) in [5, 5.41) is 6.66. The van der Waals surface area contributed by atoms with Crippen molar-refractivity contribution in [2.75, 3.05) is 26.2 Å². The molecule has 0 aliphatic carbocycles. The van der Waals surface area contributed by atoms with Crippen LogP contribution in [0.3, 0.4) is 0 Å². The molecule has 4 nitrogen and oxygen atoms in total. The summed E-state index contributed by atoms with van der Waals surface area (Å²) in [4.78, 5) is 14.7. The second-order valence-corrected chi connectivity index (χ2v) is 5.82. The Balaban J connectivity index is 1.79. The van der Waals surface area contributed by atoms with Crippen molar-refractivity contribution in [1.82, 2.24) is 15.5 Å². The van der Waals surface area contributed by atoms with Gasteiger partial charge in [-0.2, -0.15) is 0 Å². The van der Waals surface area contributed by atoms with E-state index < -0.39 is 0 Å². The van der Waals surface area contributed by atoms with Crippen LogP contribution in [0.15, 0.2) is 0 Å². The van der Waals surface area contributed by atoms with E-state index in [1.165, 1.54) is 13.0 Å². The van der Waals surface area contributed by atoms with Crippen molar-refractivity contribution < 1.29 is 4.79 Å². The number of rotatable bonds is 3. The van der Waals surface area contributed by atoms with Crippen LogP contribution in [0.2, 0.25) is 0 Å². The van der Waals surface area contributed by atoms with E-state index in [0.29, 0.717) is 12.1 Å². The van der Waals surface area contributed by atoms with Gasteiger partial charge in [0, 0.05) is 24.5 Å². The molecule has 2 saturated heterocycles. The lowest BCUT2D eigenvalue weighted by Gasteiger charge is -2.34. The number of amides is 1. The molecule has 3 atom stereocenters. The van der Waals surface area contributed by atoms with E-state index in [0.717, 1.165) is 38.9 Å². The Morgan fingerprint density at radius 3 is 3.00 bits per heavy atom. The standard InChI is InChI=1S/C14H27N3O/c1-3-17-8-4-5-13(10-17)16-14(18)12-6-7-15-11(2)9-12/h11-13,15H,3-10H2,1-2H3,(H,16,18). The molecule has 2 aliphatic heterocycles. The van der Waals surface area contributed by atoms with Gasteiger partial charge in [-0.25, -0.2) is 0 Å². The normalized spacial score (nSPS) is 34.2. The van der Waals surface area contributed by atoms with E-state index in [1.807, 2.05) is 0 Å². The number of likely N-dealkylation sites (tertiary alicyclic amines) is 1. The predicted octanol–water partition coefficient (Wildman–Crippen LogP) is 0.975. The summed E-state index contributed by atoms with van der Waals surface area (Å²) in [5.41, 5.74) is 0. The molecule has 0 saturated carbocycles. The molecule has 2 rings (SSSR count). The van der Waals surface area contributed by atoms with Crippen molar-refractivity contribution in [2.45, 2.75) is 51.6 Å². The summed E-state index contributed by atoms with van der Waals surface area (Å²) in [7, 11) is 0. The van der Waals surface area contributed by atoms with Crippen LogP contribution < -0.4 is 10.6 Å². The highest BCUT2D eigenvalue weighted by Gasteiger charge is 2.27. The third-order valence-electron chi connectivity index (χ3n) is 4.29. The molecule has 2 aliphatic rings. The summed E-state index contributed by atoms with van der Waals surface area (Å²) < 4.78 is 0. The fraction of sp³-hybridized carbons (Fsp3) is 0.929. The van der Waals surface area contributed by atoms with Crippen molar-refractivity contribution in [1.29, 1.82) is 0 Å². The van der Waals surface area contributed by atoms with Crippen molar-refractivity contribution in [2.24, 2.45) is 5.92 Å². The van der Waals surface area contributed by atoms with E-state index in [4.69, 9.17) is 0 Å². The first-order valence-electron chi connectivity index (χ1n) is 7.45. The topological polar surface area (TPSA) is 44.4 Å². The smallest absolute Gasteiger partial charge is 0.223 e. The fourth-order valence-electron chi connectivity index (χ4n) is 3.15. The first kappa shape index (κ1) is 13.8. The van der Waals surface area contributed by atoms with Crippen LogP contribution in [0.25, 0.3) is 0 Å². The van der Waals surface area contributed by atoms with Gasteiger partial charge in [0.05, 0.1) is 0 Å². The molecular formula is C14H27N3O. The second kappa shape index (κ2) is 6.53. The maximum Gasteiger partial charge on any atom is 0.223 e. The first-order valence-corrected chi connectivity index (χ1v) is 7.45. The Bertz CT molecular complexity index is 282. The van der Waals surface area contributed by atoms with Gasteiger partial charge in [-0.15, -0.1) is 0 Å². The summed E-state index contributed by atoms with van der Waals surface area (Å²) in [6.07, 6.45) is 4.32. The van der Waals surface area contributed by atoms with E-state index in [2.05, 4.69) is 29.4 Å². The van der Waals surface area contributed by atoms with Gasteiger partial charge in [0.2, 0.25) is 5.91 Å². The van der Waals surface area contributed by atoms with E-state index in [9.17, 15) is 4.79 Å². The lowest BCUT2D eigenvalue weighted by molar-refractivity contribution is -0.127. The van der Waals surface area contributed by atoms with Crippen molar-refractivity contribution in [3.63, 3.8) is 0 Å². The maximum atomic E-state index is 12.2. The molecule has 2 N–H and O–H groups in total. The van der Waals surface area contributed by atoms with Gasteiger partial charge < -0.3 is 15.5 Å². The van der Waals surface area contributed by atoms with Crippen LogP contribution in [0.1, 0.15) is 39.5 Å². The molecule has 0 aromatic carbocycles. The Labute approximate surface area is 110 Å². The predicted molar refractivity (Wildman–Crippen MR) is 73.5 cm³/mol. The molecule has 0 radical (unpaired) electrons. The number of hydrogen-bond acceptors (Lipinski definition) is 3. The molecule has 0 aromatic heterocycles. The highest BCUT2D eigenvalue weighted by Crippen LogP contribution is 2.17. The fourth-order valence-corrected chi connectivity index (χ4v) is 3.15. The van der Waals surface area contributed by atoms with Crippen molar-refractivity contribution >= 4 is 5.91 Å². The molecular weight excluding hydrogens is 226 g/mol. The molecule has 0 aromatic rings. The average molecular weight is 253 g/mol. The Morgan fingerprint density at radius 1 is 1.44 bits per heavy atom. The second-order valence-electron chi connectivity index (χ2n) is 5.82. The summed E-state index contributed by atoms with van der Waals surface area (Å²) >= 11 is 0. The first-order chi connectivity index (χ1) is 8.69. The lowest BCUT2D eigenvalue weighted by atomic mass is 9.92. The molecule has 0 spiro atoms. The quantitative estimate of drug-likeness (QED) is 0.788. The van der Waals surface area contributed by atoms with Gasteiger partial charge in [0.25, 0.3) is 0 Å². The zero-order valence-electron chi connectivity index (χ0n) is 11.7. The Kier molecular flexibility index (Phi) is 5.01. The summed E-state index contributed by atoms with van der Waals surface area (Å²) in [6, 6.07) is 0.851. The van der Waals surface area contributed by atoms with Crippen molar-refractivity contribution in [3.8, 4) is 0 Å². The van der Waals surface area contributed by atoms with E-state index in [1.54, 1.807) is 0 Å². The number of carbonyl (C=O) groups excluding carboxylic acids is 1. The van der Waals surface area contributed by atoms with Gasteiger partial charge in [0.1, 0.15) is 0 Å². The third-order valence-corrected chi connectivity index (χ3v) is 4.29. The largest absolute Gasteiger partial charge is 0.352 e. The summed E-state index contributed by atoms with van der Waals surface area (Å²) in [6.45, 7) is 8.65. The monoisotopic (exact) mass is 253 g/mol. The van der Waals surface area contributed by atoms with Gasteiger partial charge in [-0.05, 0) is 52.2 Å². The zero-order valence-corrected chi connectivity index (χ0v) is 11.7. The van der Waals surface area contributed by atoms with Gasteiger partial charge in [0.15, 0.2) is 0 Å². The Hall–Kier alpha value is -0.610. The van der Waals surface area contributed by atoms with Crippen molar-refractivity contribution in [3.05, 3.63) is 0 Å². The molecule has 1 amide bonds. The number of piperidine rings is 2. The third kappa shape index (κ3) is 3.69. The maximum absolute atomic E-state index is 12.2. The average Bonchev–Trinajstić information content (AvgIpc) is 2.39. The number of nitrogens with one attached hydrogen (secondary N) is 2. The molecule has 2 fully saturated rings. The van der Waals surface area contributed by atoms with Gasteiger partial charge in [-0.1, -0.05) is 6.92 Å². The molecule has 4 heteroatoms. The minimum atomic E-state index is 0.221. The van der Waals surface area contributed by atoms with Crippen LogP contribution in [0.4, 0.5) is 0 Å². The highest BCUT2D eigenvalue weighted by molar-refractivity contribution is 5.79. The minimum absolute atomic E-state index is 0.221. The minimum Gasteiger partial charge on any atom is -0.352 e. The highest BCUT2D eigenvalue weighted by atomic mass is 16.2. The van der Waals surface area contributed by atoms with Crippen LogP contribution >= 0.6 is 0 Å². The molecule has 104 valence electrons. The van der Waals surface area contributed by atoms with Gasteiger partial charge >= 0.3 is 0 Å². The SMILES string of the molecule is CCN1CCCC(NC(=O)C2CCNC(C)C2)C1. The molecule has 18 heavy (non-hydrogen) atoms. The van der Waals surface area contributed by atoms with Crippen LogP contribution in [-0.4, -0.2) is 49.1 Å². The number of carbonyl (C=O) groups is 1. The Morgan fingerprint density at radius 2 is 2.28 bits per heavy atom. The summed E-state index contributed by atoms with van der Waals surface area (Å²) in [5.74, 6) is 0.504. The van der Waals surface area contributed by atoms with Gasteiger partial charge in [-0.3, -0.25) is 4.79 Å². The van der Waals surface area contributed by atoms with Crippen LogP contribution in [-0.2, 0) is 4.79 Å². The van der Waals surface area contributed by atoms with E-state index >= 15 is 0 Å². The number of likely N-dealkylation sites (N-methyl/N-ethyl adjacent to an activating group) is 1.